The molecule has 31 heavy (non-hydrogen) atoms. The molecule has 1 unspecified atom stereocenters. The smallest absolute Gasteiger partial charge is 0.357 e. The van der Waals surface area contributed by atoms with Gasteiger partial charge in [0.2, 0.25) is 0 Å². The first-order valence-corrected chi connectivity index (χ1v) is 12.6. The van der Waals surface area contributed by atoms with E-state index >= 15 is 0 Å². The zero-order chi connectivity index (χ0) is 23.1. The Balaban J connectivity index is 1.96. The molecule has 168 valence electrons. The van der Waals surface area contributed by atoms with E-state index in [0.29, 0.717) is 17.4 Å². The number of alkyl halides is 1. The SMILES string of the molecule is CN(CC(C)(C)CCCC(C)(C(=O)CBr)c1cccc(I)c1)OC(=O)c1ccccc1. The Bertz CT molecular complexity index is 887. The summed E-state index contributed by atoms with van der Waals surface area (Å²) < 4.78 is 1.13. The van der Waals surface area contributed by atoms with Crippen LogP contribution in [0.1, 0.15) is 56.0 Å². The number of hydroxylamine groups is 2. The van der Waals surface area contributed by atoms with Gasteiger partial charge in [-0.1, -0.05) is 66.5 Å². The molecule has 0 saturated heterocycles. The molecule has 0 N–H and O–H groups in total. The van der Waals surface area contributed by atoms with Gasteiger partial charge in [0.1, 0.15) is 0 Å². The molecule has 2 aromatic rings. The minimum absolute atomic E-state index is 0.0742. The van der Waals surface area contributed by atoms with Crippen molar-refractivity contribution in [2.24, 2.45) is 5.41 Å². The molecule has 2 rings (SSSR count). The van der Waals surface area contributed by atoms with Crippen molar-refractivity contribution in [3.05, 3.63) is 69.3 Å². The third-order valence-electron chi connectivity index (χ3n) is 5.63. The van der Waals surface area contributed by atoms with Crippen molar-refractivity contribution in [3.8, 4) is 0 Å². The maximum atomic E-state index is 12.8. The summed E-state index contributed by atoms with van der Waals surface area (Å²) in [6, 6.07) is 17.2. The third kappa shape index (κ3) is 7.68. The van der Waals surface area contributed by atoms with Crippen molar-refractivity contribution in [2.75, 3.05) is 18.9 Å². The zero-order valence-corrected chi connectivity index (χ0v) is 22.4. The van der Waals surface area contributed by atoms with Crippen LogP contribution in [-0.4, -0.2) is 35.7 Å². The van der Waals surface area contributed by atoms with Crippen molar-refractivity contribution in [1.82, 2.24) is 5.06 Å². The molecule has 0 heterocycles. The van der Waals surface area contributed by atoms with Gasteiger partial charge in [-0.3, -0.25) is 4.79 Å². The number of rotatable bonds is 11. The lowest BCUT2D eigenvalue weighted by atomic mass is 9.73. The van der Waals surface area contributed by atoms with E-state index in [2.05, 4.69) is 58.4 Å². The molecule has 4 nitrogen and oxygen atoms in total. The molecule has 0 aliphatic rings. The van der Waals surface area contributed by atoms with Crippen molar-refractivity contribution >= 4 is 50.3 Å². The van der Waals surface area contributed by atoms with Crippen molar-refractivity contribution < 1.29 is 14.4 Å². The fourth-order valence-electron chi connectivity index (χ4n) is 3.83. The Labute approximate surface area is 208 Å². The fraction of sp³-hybridized carbons (Fsp3) is 0.440. The lowest BCUT2D eigenvalue weighted by molar-refractivity contribution is -0.122. The van der Waals surface area contributed by atoms with E-state index in [0.717, 1.165) is 28.4 Å². The lowest BCUT2D eigenvalue weighted by Crippen LogP contribution is -2.36. The minimum atomic E-state index is -0.521. The maximum Gasteiger partial charge on any atom is 0.357 e. The molecular formula is C25H31BrINO3. The highest BCUT2D eigenvalue weighted by Crippen LogP contribution is 2.35. The second-order valence-electron chi connectivity index (χ2n) is 8.95. The van der Waals surface area contributed by atoms with Crippen molar-refractivity contribution in [3.63, 3.8) is 0 Å². The van der Waals surface area contributed by atoms with E-state index in [4.69, 9.17) is 4.84 Å². The van der Waals surface area contributed by atoms with Crippen molar-refractivity contribution in [1.29, 1.82) is 0 Å². The van der Waals surface area contributed by atoms with E-state index in [1.54, 1.807) is 24.2 Å². The van der Waals surface area contributed by atoms with Crippen LogP contribution in [0.25, 0.3) is 0 Å². The van der Waals surface area contributed by atoms with Gasteiger partial charge in [-0.2, -0.15) is 0 Å². The number of carbonyl (C=O) groups is 2. The minimum Gasteiger partial charge on any atom is -0.364 e. The summed E-state index contributed by atoms with van der Waals surface area (Å²) in [6.45, 7) is 6.98. The normalized spacial score (nSPS) is 13.6. The molecule has 2 aromatic carbocycles. The summed E-state index contributed by atoms with van der Waals surface area (Å²) in [4.78, 5) is 30.6. The number of Topliss-reactive ketones (excluding diaryl/α,β-unsaturated/α-hetero) is 1. The van der Waals surface area contributed by atoms with Crippen LogP contribution in [0.5, 0.6) is 0 Å². The molecule has 0 aromatic heterocycles. The standard InChI is InChI=1S/C25H31BrINO3/c1-24(2,18-28(4)31-23(30)19-10-6-5-7-11-19)14-9-15-25(3,22(29)17-26)20-12-8-13-21(27)16-20/h5-8,10-13,16H,9,14-15,17-18H2,1-4H3. The lowest BCUT2D eigenvalue weighted by Gasteiger charge is -2.32. The predicted molar refractivity (Wildman–Crippen MR) is 137 cm³/mol. The van der Waals surface area contributed by atoms with Gasteiger partial charge in [-0.05, 0) is 77.6 Å². The van der Waals surface area contributed by atoms with Crippen LogP contribution in [0.4, 0.5) is 0 Å². The van der Waals surface area contributed by atoms with E-state index in [9.17, 15) is 9.59 Å². The molecule has 0 radical (unpaired) electrons. The number of ketones is 1. The molecular weight excluding hydrogens is 569 g/mol. The summed E-state index contributed by atoms with van der Waals surface area (Å²) in [5, 5.41) is 1.95. The first-order valence-electron chi connectivity index (χ1n) is 10.4. The number of halogens is 2. The van der Waals surface area contributed by atoms with E-state index < -0.39 is 5.41 Å². The van der Waals surface area contributed by atoms with Crippen molar-refractivity contribution in [2.45, 2.75) is 45.4 Å². The monoisotopic (exact) mass is 599 g/mol. The molecule has 0 saturated carbocycles. The number of carbonyl (C=O) groups excluding carboxylic acids is 2. The Morgan fingerprint density at radius 2 is 1.71 bits per heavy atom. The van der Waals surface area contributed by atoms with Gasteiger partial charge in [-0.15, -0.1) is 5.06 Å². The van der Waals surface area contributed by atoms with Crippen LogP contribution in [0.3, 0.4) is 0 Å². The molecule has 0 bridgehead atoms. The van der Waals surface area contributed by atoms with E-state index in [1.807, 2.05) is 43.3 Å². The fourth-order valence-corrected chi connectivity index (χ4v) is 4.99. The summed E-state index contributed by atoms with van der Waals surface area (Å²) in [5.41, 5.74) is 1.01. The first-order chi connectivity index (χ1) is 14.6. The highest BCUT2D eigenvalue weighted by molar-refractivity contribution is 14.1. The van der Waals surface area contributed by atoms with Crippen LogP contribution in [0.2, 0.25) is 0 Å². The van der Waals surface area contributed by atoms with Gasteiger partial charge in [-0.25, -0.2) is 4.79 Å². The van der Waals surface area contributed by atoms with E-state index in [-0.39, 0.29) is 17.2 Å². The summed E-state index contributed by atoms with van der Waals surface area (Å²) >= 11 is 5.65. The molecule has 0 aliphatic carbocycles. The quantitative estimate of drug-likeness (QED) is 0.170. The molecule has 0 spiro atoms. The van der Waals surface area contributed by atoms with Crippen LogP contribution in [0, 0.1) is 8.99 Å². The van der Waals surface area contributed by atoms with Crippen LogP contribution >= 0.6 is 38.5 Å². The Morgan fingerprint density at radius 3 is 2.32 bits per heavy atom. The zero-order valence-electron chi connectivity index (χ0n) is 18.7. The second kappa shape index (κ2) is 11.6. The van der Waals surface area contributed by atoms with Crippen LogP contribution in [0.15, 0.2) is 54.6 Å². The highest BCUT2D eigenvalue weighted by Gasteiger charge is 2.34. The number of hydrogen-bond acceptors (Lipinski definition) is 4. The van der Waals surface area contributed by atoms with Gasteiger partial charge in [0, 0.05) is 17.2 Å². The average Bonchev–Trinajstić information content (AvgIpc) is 2.72. The Hall–Kier alpha value is -1.25. The molecule has 0 aliphatic heterocycles. The molecule has 1 atom stereocenters. The van der Waals surface area contributed by atoms with E-state index in [1.165, 1.54) is 0 Å². The second-order valence-corrected chi connectivity index (χ2v) is 10.8. The maximum absolute atomic E-state index is 12.8. The average molecular weight is 600 g/mol. The number of hydrogen-bond donors (Lipinski definition) is 0. The third-order valence-corrected chi connectivity index (χ3v) is 6.81. The van der Waals surface area contributed by atoms with Gasteiger partial charge in [0.15, 0.2) is 5.78 Å². The van der Waals surface area contributed by atoms with Gasteiger partial charge >= 0.3 is 5.97 Å². The number of nitrogens with zero attached hydrogens (tertiary/aromatic N) is 1. The molecule has 6 heteroatoms. The summed E-state index contributed by atoms with van der Waals surface area (Å²) in [5.74, 6) is -0.158. The predicted octanol–water partition coefficient (Wildman–Crippen LogP) is 6.41. The first kappa shape index (κ1) is 26.0. The largest absolute Gasteiger partial charge is 0.364 e. The number of benzene rings is 2. The highest BCUT2D eigenvalue weighted by atomic mass is 127. The summed E-state index contributed by atoms with van der Waals surface area (Å²) in [6.07, 6.45) is 2.58. The van der Waals surface area contributed by atoms with Crippen LogP contribution in [-0.2, 0) is 15.0 Å². The Morgan fingerprint density at radius 1 is 1.03 bits per heavy atom. The summed E-state index contributed by atoms with van der Waals surface area (Å²) in [7, 11) is 1.78. The molecule has 0 amide bonds. The Kier molecular flexibility index (Phi) is 9.70. The van der Waals surface area contributed by atoms with Gasteiger partial charge in [0.25, 0.3) is 0 Å². The van der Waals surface area contributed by atoms with Crippen LogP contribution < -0.4 is 0 Å². The van der Waals surface area contributed by atoms with Gasteiger partial charge in [0.05, 0.1) is 16.3 Å². The van der Waals surface area contributed by atoms with Gasteiger partial charge < -0.3 is 4.84 Å². The topological polar surface area (TPSA) is 46.6 Å². The molecule has 0 fully saturated rings.